The van der Waals surface area contributed by atoms with E-state index in [-0.39, 0.29) is 0 Å². The zero-order valence-corrected chi connectivity index (χ0v) is 11.9. The van der Waals surface area contributed by atoms with Gasteiger partial charge in [-0.2, -0.15) is 0 Å². The summed E-state index contributed by atoms with van der Waals surface area (Å²) < 4.78 is 5.16. The Bertz CT molecular complexity index is 496. The lowest BCUT2D eigenvalue weighted by atomic mass is 9.99. The molecule has 106 valence electrons. The van der Waals surface area contributed by atoms with Crippen molar-refractivity contribution in [2.75, 3.05) is 7.11 Å². The Hall–Kier alpha value is -1.84. The second-order valence-electron chi connectivity index (χ2n) is 4.94. The highest BCUT2D eigenvalue weighted by Gasteiger charge is 2.08. The minimum absolute atomic E-state index is 0.291. The van der Waals surface area contributed by atoms with Crippen molar-refractivity contribution >= 4 is 0 Å². The molecule has 0 radical (unpaired) electrons. The Labute approximate surface area is 120 Å². The summed E-state index contributed by atoms with van der Waals surface area (Å²) in [6, 6.07) is 18.9. The van der Waals surface area contributed by atoms with Gasteiger partial charge in [0.15, 0.2) is 0 Å². The molecule has 0 spiro atoms. The van der Waals surface area contributed by atoms with Crippen molar-refractivity contribution in [3.05, 3.63) is 65.7 Å². The number of nitrogens with two attached hydrogens (primary N) is 1. The predicted molar refractivity (Wildman–Crippen MR) is 82.6 cm³/mol. The van der Waals surface area contributed by atoms with E-state index >= 15 is 0 Å². The molecular formula is C17H22N2O. The third-order valence-electron chi connectivity index (χ3n) is 3.50. The molecule has 2 aromatic carbocycles. The quantitative estimate of drug-likeness (QED) is 0.600. The Morgan fingerprint density at radius 2 is 1.70 bits per heavy atom. The number of hydrogen-bond acceptors (Lipinski definition) is 3. The predicted octanol–water partition coefficient (Wildman–Crippen LogP) is 2.70. The number of nitrogens with one attached hydrogen (secondary N) is 1. The van der Waals surface area contributed by atoms with Crippen molar-refractivity contribution in [2.45, 2.75) is 25.3 Å². The van der Waals surface area contributed by atoms with Gasteiger partial charge in [-0.25, -0.2) is 0 Å². The van der Waals surface area contributed by atoms with Gasteiger partial charge in [0.05, 0.1) is 7.11 Å². The van der Waals surface area contributed by atoms with Crippen LogP contribution in [0.5, 0.6) is 5.75 Å². The maximum absolute atomic E-state index is 5.66. The van der Waals surface area contributed by atoms with Gasteiger partial charge in [0.1, 0.15) is 5.75 Å². The van der Waals surface area contributed by atoms with Crippen molar-refractivity contribution in [1.82, 2.24) is 5.43 Å². The molecule has 3 N–H and O–H groups in total. The van der Waals surface area contributed by atoms with Crippen molar-refractivity contribution < 1.29 is 4.74 Å². The summed E-state index contributed by atoms with van der Waals surface area (Å²) in [6.45, 7) is 0. The average molecular weight is 270 g/mol. The molecule has 1 atom stereocenters. The first-order valence-electron chi connectivity index (χ1n) is 6.95. The lowest BCUT2D eigenvalue weighted by Gasteiger charge is -2.16. The fraction of sp³-hybridized carbons (Fsp3) is 0.294. The van der Waals surface area contributed by atoms with Gasteiger partial charge in [-0.15, -0.1) is 0 Å². The van der Waals surface area contributed by atoms with Gasteiger partial charge >= 0.3 is 0 Å². The van der Waals surface area contributed by atoms with Crippen molar-refractivity contribution in [1.29, 1.82) is 0 Å². The van der Waals surface area contributed by atoms with Gasteiger partial charge < -0.3 is 4.74 Å². The maximum atomic E-state index is 5.66. The van der Waals surface area contributed by atoms with Crippen LogP contribution in [0.4, 0.5) is 0 Å². The molecule has 3 nitrogen and oxygen atoms in total. The van der Waals surface area contributed by atoms with Crippen LogP contribution in [0, 0.1) is 0 Å². The van der Waals surface area contributed by atoms with Gasteiger partial charge in [-0.1, -0.05) is 42.5 Å². The van der Waals surface area contributed by atoms with Crippen LogP contribution in [0.15, 0.2) is 54.6 Å². The number of rotatable bonds is 7. The summed E-state index contributed by atoms with van der Waals surface area (Å²) in [4.78, 5) is 0. The summed E-state index contributed by atoms with van der Waals surface area (Å²) in [7, 11) is 1.68. The maximum Gasteiger partial charge on any atom is 0.118 e. The topological polar surface area (TPSA) is 47.3 Å². The van der Waals surface area contributed by atoms with Gasteiger partial charge in [-0.3, -0.25) is 11.3 Å². The van der Waals surface area contributed by atoms with Crippen molar-refractivity contribution in [2.24, 2.45) is 5.84 Å². The van der Waals surface area contributed by atoms with Crippen LogP contribution < -0.4 is 16.0 Å². The van der Waals surface area contributed by atoms with Crippen LogP contribution in [0.25, 0.3) is 0 Å². The first-order valence-corrected chi connectivity index (χ1v) is 6.95. The smallest absolute Gasteiger partial charge is 0.118 e. The van der Waals surface area contributed by atoms with E-state index in [1.54, 1.807) is 7.11 Å². The number of hydrogen-bond donors (Lipinski definition) is 2. The minimum Gasteiger partial charge on any atom is -0.497 e. The van der Waals surface area contributed by atoms with Crippen molar-refractivity contribution in [3.8, 4) is 5.75 Å². The Morgan fingerprint density at radius 3 is 2.30 bits per heavy atom. The van der Waals surface area contributed by atoms with E-state index in [9.17, 15) is 0 Å². The monoisotopic (exact) mass is 270 g/mol. The lowest BCUT2D eigenvalue weighted by molar-refractivity contribution is 0.414. The molecule has 0 aliphatic heterocycles. The summed E-state index contributed by atoms with van der Waals surface area (Å²) in [5.41, 5.74) is 5.53. The normalized spacial score (nSPS) is 12.1. The summed E-state index contributed by atoms with van der Waals surface area (Å²) in [5, 5.41) is 0. The van der Waals surface area contributed by atoms with Crippen LogP contribution in [0.2, 0.25) is 0 Å². The second kappa shape index (κ2) is 7.68. The van der Waals surface area contributed by atoms with Gasteiger partial charge in [0, 0.05) is 6.04 Å². The molecular weight excluding hydrogens is 248 g/mol. The Morgan fingerprint density at radius 1 is 1.00 bits per heavy atom. The Kier molecular flexibility index (Phi) is 5.59. The third kappa shape index (κ3) is 4.37. The number of aryl methyl sites for hydroxylation is 1. The van der Waals surface area contributed by atoms with Crippen LogP contribution in [0.1, 0.15) is 17.5 Å². The Balaban J connectivity index is 1.86. The van der Waals surface area contributed by atoms with Gasteiger partial charge in [-0.05, 0) is 42.5 Å². The number of hydrazine groups is 1. The molecule has 0 aliphatic rings. The van der Waals surface area contributed by atoms with E-state index in [2.05, 4.69) is 41.8 Å². The average Bonchev–Trinajstić information content (AvgIpc) is 2.53. The SMILES string of the molecule is COc1ccc(CCC(Cc2ccccc2)NN)cc1. The third-order valence-corrected chi connectivity index (χ3v) is 3.50. The van der Waals surface area contributed by atoms with E-state index in [1.807, 2.05) is 18.2 Å². The minimum atomic E-state index is 0.291. The molecule has 0 heterocycles. The second-order valence-corrected chi connectivity index (χ2v) is 4.94. The molecule has 2 rings (SSSR count). The van der Waals surface area contributed by atoms with E-state index in [4.69, 9.17) is 10.6 Å². The molecule has 0 amide bonds. The van der Waals surface area contributed by atoms with Crippen LogP contribution >= 0.6 is 0 Å². The number of ether oxygens (including phenoxy) is 1. The number of methoxy groups -OCH3 is 1. The molecule has 0 aliphatic carbocycles. The molecule has 3 heteroatoms. The highest BCUT2D eigenvalue weighted by atomic mass is 16.5. The van der Waals surface area contributed by atoms with E-state index in [1.165, 1.54) is 11.1 Å². The summed E-state index contributed by atoms with van der Waals surface area (Å²) in [6.07, 6.45) is 2.97. The van der Waals surface area contributed by atoms with Crippen LogP contribution in [0.3, 0.4) is 0 Å². The molecule has 0 saturated carbocycles. The van der Waals surface area contributed by atoms with E-state index in [0.717, 1.165) is 25.0 Å². The molecule has 0 saturated heterocycles. The molecule has 1 unspecified atom stereocenters. The highest BCUT2D eigenvalue weighted by Crippen LogP contribution is 2.14. The van der Waals surface area contributed by atoms with Crippen molar-refractivity contribution in [3.63, 3.8) is 0 Å². The fourth-order valence-electron chi connectivity index (χ4n) is 2.28. The molecule has 0 aromatic heterocycles. The van der Waals surface area contributed by atoms with Crippen LogP contribution in [-0.2, 0) is 12.8 Å². The molecule has 0 fully saturated rings. The van der Waals surface area contributed by atoms with Gasteiger partial charge in [0.25, 0.3) is 0 Å². The lowest BCUT2D eigenvalue weighted by Crippen LogP contribution is -2.37. The zero-order valence-electron chi connectivity index (χ0n) is 11.9. The molecule has 20 heavy (non-hydrogen) atoms. The first kappa shape index (κ1) is 14.6. The molecule has 0 bridgehead atoms. The van der Waals surface area contributed by atoms with E-state index < -0.39 is 0 Å². The van der Waals surface area contributed by atoms with E-state index in [0.29, 0.717) is 6.04 Å². The first-order chi connectivity index (χ1) is 9.81. The zero-order chi connectivity index (χ0) is 14.2. The summed E-state index contributed by atoms with van der Waals surface area (Å²) in [5.74, 6) is 6.56. The van der Waals surface area contributed by atoms with Crippen LogP contribution in [-0.4, -0.2) is 13.2 Å². The largest absolute Gasteiger partial charge is 0.497 e. The standard InChI is InChI=1S/C17H22N2O/c1-20-17-11-8-14(9-12-17)7-10-16(19-18)13-15-5-3-2-4-6-15/h2-6,8-9,11-12,16,19H,7,10,13,18H2,1H3. The highest BCUT2D eigenvalue weighted by molar-refractivity contribution is 5.27. The molecule has 2 aromatic rings. The summed E-state index contributed by atoms with van der Waals surface area (Å²) >= 11 is 0. The van der Waals surface area contributed by atoms with Gasteiger partial charge in [0.2, 0.25) is 0 Å². The number of benzene rings is 2. The fourth-order valence-corrected chi connectivity index (χ4v) is 2.28.